The molecule has 0 spiro atoms. The van der Waals surface area contributed by atoms with Crippen LogP contribution in [0, 0.1) is 11.7 Å². The predicted octanol–water partition coefficient (Wildman–Crippen LogP) is 2.63. The minimum atomic E-state index is -0.896. The molecule has 0 radical (unpaired) electrons. The van der Waals surface area contributed by atoms with Crippen molar-refractivity contribution in [1.29, 1.82) is 0 Å². The van der Waals surface area contributed by atoms with Crippen molar-refractivity contribution in [1.82, 2.24) is 19.5 Å². The molecule has 2 fully saturated rings. The van der Waals surface area contributed by atoms with Crippen molar-refractivity contribution in [2.45, 2.75) is 24.7 Å². The highest BCUT2D eigenvalue weighted by atomic mass is 19.1. The molecule has 3 aromatic rings. The molecule has 0 N–H and O–H groups in total. The summed E-state index contributed by atoms with van der Waals surface area (Å²) >= 11 is 0. The van der Waals surface area contributed by atoms with Crippen LogP contribution >= 0.6 is 0 Å². The molecular formula is C24H27FN4O3. The van der Waals surface area contributed by atoms with Gasteiger partial charge in [-0.15, -0.1) is 0 Å². The van der Waals surface area contributed by atoms with Gasteiger partial charge in [-0.25, -0.2) is 13.9 Å². The van der Waals surface area contributed by atoms with Crippen LogP contribution in [0.25, 0.3) is 5.65 Å². The summed E-state index contributed by atoms with van der Waals surface area (Å²) in [5, 5.41) is 4.62. The molecule has 1 aromatic carbocycles. The molecule has 2 saturated heterocycles. The lowest BCUT2D eigenvalue weighted by molar-refractivity contribution is -0.142. The van der Waals surface area contributed by atoms with Gasteiger partial charge in [0.25, 0.3) is 0 Å². The number of fused-ring (bicyclic) bond motifs is 1. The standard InChI is InChI=1S/C24H27FN4O3/c25-21-4-2-1-3-20(21)24(7-12-31-13-8-24)23(30)28-11-14-32-17-18(16-28)15-19-5-6-22-26-9-10-29(22)27-19/h1-6,9-10,18H,7-8,11-17H2/t18-/m1/s1. The predicted molar refractivity (Wildman–Crippen MR) is 116 cm³/mol. The van der Waals surface area contributed by atoms with Crippen LogP contribution in [0.3, 0.4) is 0 Å². The highest BCUT2D eigenvalue weighted by molar-refractivity contribution is 5.88. The van der Waals surface area contributed by atoms with E-state index in [-0.39, 0.29) is 17.6 Å². The molecule has 1 atom stereocenters. The Morgan fingerprint density at radius 1 is 1.12 bits per heavy atom. The smallest absolute Gasteiger partial charge is 0.233 e. The second-order valence-electron chi connectivity index (χ2n) is 8.63. The Morgan fingerprint density at radius 3 is 2.81 bits per heavy atom. The molecule has 7 nitrogen and oxygen atoms in total. The molecule has 32 heavy (non-hydrogen) atoms. The first-order valence-corrected chi connectivity index (χ1v) is 11.1. The molecule has 1 amide bonds. The van der Waals surface area contributed by atoms with E-state index in [0.717, 1.165) is 11.3 Å². The van der Waals surface area contributed by atoms with E-state index in [0.29, 0.717) is 64.3 Å². The van der Waals surface area contributed by atoms with E-state index in [9.17, 15) is 9.18 Å². The van der Waals surface area contributed by atoms with E-state index in [4.69, 9.17) is 9.47 Å². The topological polar surface area (TPSA) is 69.0 Å². The fourth-order valence-electron chi connectivity index (χ4n) is 4.92. The van der Waals surface area contributed by atoms with Crippen molar-refractivity contribution in [3.05, 3.63) is 65.9 Å². The number of nitrogens with zero attached hydrogens (tertiary/aromatic N) is 4. The summed E-state index contributed by atoms with van der Waals surface area (Å²) in [7, 11) is 0. The second kappa shape index (κ2) is 8.96. The Labute approximate surface area is 186 Å². The van der Waals surface area contributed by atoms with Crippen molar-refractivity contribution in [2.24, 2.45) is 5.92 Å². The third-order valence-corrected chi connectivity index (χ3v) is 6.58. The second-order valence-corrected chi connectivity index (χ2v) is 8.63. The van der Waals surface area contributed by atoms with E-state index in [1.54, 1.807) is 28.9 Å². The number of ether oxygens (including phenoxy) is 2. The van der Waals surface area contributed by atoms with E-state index in [1.165, 1.54) is 6.07 Å². The van der Waals surface area contributed by atoms with Crippen LogP contribution in [0.4, 0.5) is 4.39 Å². The number of halogens is 1. The number of hydrogen-bond acceptors (Lipinski definition) is 5. The molecule has 2 aromatic heterocycles. The van der Waals surface area contributed by atoms with E-state index in [2.05, 4.69) is 10.1 Å². The minimum Gasteiger partial charge on any atom is -0.381 e. The van der Waals surface area contributed by atoms with Crippen LogP contribution in [0.5, 0.6) is 0 Å². The van der Waals surface area contributed by atoms with Gasteiger partial charge in [-0.2, -0.15) is 5.10 Å². The first kappa shape index (κ1) is 21.0. The Kier molecular flexibility index (Phi) is 5.89. The Morgan fingerprint density at radius 2 is 1.97 bits per heavy atom. The number of imidazole rings is 1. The third-order valence-electron chi connectivity index (χ3n) is 6.58. The normalized spacial score (nSPS) is 21.4. The molecule has 5 rings (SSSR count). The van der Waals surface area contributed by atoms with E-state index >= 15 is 0 Å². The first-order valence-electron chi connectivity index (χ1n) is 11.1. The lowest BCUT2D eigenvalue weighted by Crippen LogP contribution is -2.51. The summed E-state index contributed by atoms with van der Waals surface area (Å²) in [4.78, 5) is 20.0. The number of benzene rings is 1. The van der Waals surface area contributed by atoms with Gasteiger partial charge >= 0.3 is 0 Å². The van der Waals surface area contributed by atoms with Crippen LogP contribution in [-0.4, -0.2) is 64.9 Å². The minimum absolute atomic E-state index is 0.0283. The highest BCUT2D eigenvalue weighted by Crippen LogP contribution is 2.38. The fraction of sp³-hybridized carbons (Fsp3) is 0.458. The number of carbonyl (C=O) groups is 1. The zero-order valence-corrected chi connectivity index (χ0v) is 18.0. The van der Waals surface area contributed by atoms with Crippen LogP contribution in [0.2, 0.25) is 0 Å². The van der Waals surface area contributed by atoms with Gasteiger partial charge in [-0.3, -0.25) is 4.79 Å². The molecule has 0 saturated carbocycles. The molecule has 2 aliphatic rings. The quantitative estimate of drug-likeness (QED) is 0.627. The Bertz CT molecular complexity index is 1100. The van der Waals surface area contributed by atoms with E-state index in [1.807, 2.05) is 23.2 Å². The summed E-state index contributed by atoms with van der Waals surface area (Å²) in [6, 6.07) is 10.6. The summed E-state index contributed by atoms with van der Waals surface area (Å²) in [5.74, 6) is -0.255. The monoisotopic (exact) mass is 438 g/mol. The van der Waals surface area contributed by atoms with Crippen LogP contribution in [0.15, 0.2) is 48.8 Å². The third kappa shape index (κ3) is 4.00. The fourth-order valence-corrected chi connectivity index (χ4v) is 4.92. The maximum Gasteiger partial charge on any atom is 0.233 e. The van der Waals surface area contributed by atoms with Crippen molar-refractivity contribution in [2.75, 3.05) is 39.5 Å². The SMILES string of the molecule is O=C(N1CCOC[C@H](Cc2ccc3nccn3n2)C1)C1(c2ccccc2F)CCOCC1. The lowest BCUT2D eigenvalue weighted by Gasteiger charge is -2.40. The summed E-state index contributed by atoms with van der Waals surface area (Å²) in [5.41, 5.74) is 1.30. The van der Waals surface area contributed by atoms with Crippen molar-refractivity contribution >= 4 is 11.6 Å². The maximum absolute atomic E-state index is 14.8. The number of aromatic nitrogens is 3. The van der Waals surface area contributed by atoms with Crippen LogP contribution < -0.4 is 0 Å². The molecule has 0 aliphatic carbocycles. The van der Waals surface area contributed by atoms with Gasteiger partial charge in [0.15, 0.2) is 5.65 Å². The van der Waals surface area contributed by atoms with Gasteiger partial charge in [-0.1, -0.05) is 18.2 Å². The average Bonchev–Trinajstić information content (AvgIpc) is 3.16. The molecular weight excluding hydrogens is 411 g/mol. The number of hydrogen-bond donors (Lipinski definition) is 0. The van der Waals surface area contributed by atoms with Crippen LogP contribution in [0.1, 0.15) is 24.1 Å². The number of amides is 1. The molecule has 168 valence electrons. The first-order chi connectivity index (χ1) is 15.7. The van der Waals surface area contributed by atoms with Gasteiger partial charge in [0.05, 0.1) is 24.3 Å². The zero-order valence-electron chi connectivity index (χ0n) is 18.0. The summed E-state index contributed by atoms with van der Waals surface area (Å²) in [6.45, 7) is 2.98. The summed E-state index contributed by atoms with van der Waals surface area (Å²) in [6.07, 6.45) is 5.19. The number of rotatable bonds is 4. The van der Waals surface area contributed by atoms with Crippen molar-refractivity contribution < 1.29 is 18.7 Å². The number of carbonyl (C=O) groups excluding carboxylic acids is 1. The molecule has 0 unspecified atom stereocenters. The van der Waals surface area contributed by atoms with Gasteiger partial charge in [-0.05, 0) is 37.5 Å². The Balaban J connectivity index is 1.39. The highest BCUT2D eigenvalue weighted by Gasteiger charge is 2.46. The maximum atomic E-state index is 14.8. The Hall–Kier alpha value is -2.84. The largest absolute Gasteiger partial charge is 0.381 e. The summed E-state index contributed by atoms with van der Waals surface area (Å²) < 4.78 is 28.0. The molecule has 8 heteroatoms. The van der Waals surface area contributed by atoms with Crippen molar-refractivity contribution in [3.63, 3.8) is 0 Å². The average molecular weight is 439 g/mol. The molecule has 2 aliphatic heterocycles. The zero-order chi connectivity index (χ0) is 22.0. The van der Waals surface area contributed by atoms with E-state index < -0.39 is 5.41 Å². The van der Waals surface area contributed by atoms with Gasteiger partial charge in [0, 0.05) is 50.2 Å². The lowest BCUT2D eigenvalue weighted by atomic mass is 9.72. The molecule has 0 bridgehead atoms. The van der Waals surface area contributed by atoms with Gasteiger partial charge in [0.2, 0.25) is 5.91 Å². The van der Waals surface area contributed by atoms with Crippen LogP contribution in [-0.2, 0) is 26.1 Å². The van der Waals surface area contributed by atoms with Crippen molar-refractivity contribution in [3.8, 4) is 0 Å². The van der Waals surface area contributed by atoms with Gasteiger partial charge < -0.3 is 14.4 Å². The molecule has 4 heterocycles. The van der Waals surface area contributed by atoms with Gasteiger partial charge in [0.1, 0.15) is 5.82 Å².